The van der Waals surface area contributed by atoms with Crippen molar-refractivity contribution in [3.05, 3.63) is 59.4 Å². The van der Waals surface area contributed by atoms with Crippen molar-refractivity contribution < 1.29 is 28.6 Å². The van der Waals surface area contributed by atoms with Crippen LogP contribution in [0.25, 0.3) is 0 Å². The zero-order chi connectivity index (χ0) is 16.8. The Labute approximate surface area is 131 Å². The number of hydrogen-bond donors (Lipinski definition) is 2. The van der Waals surface area contributed by atoms with E-state index in [2.05, 4.69) is 5.32 Å². The third kappa shape index (κ3) is 4.19. The van der Waals surface area contributed by atoms with Gasteiger partial charge in [-0.2, -0.15) is 0 Å². The molecule has 0 heterocycles. The summed E-state index contributed by atoms with van der Waals surface area (Å²) < 4.78 is 23.3. The van der Waals surface area contributed by atoms with E-state index < -0.39 is 23.4 Å². The van der Waals surface area contributed by atoms with Crippen LogP contribution in [0.5, 0.6) is 5.75 Å². The van der Waals surface area contributed by atoms with Crippen molar-refractivity contribution >= 4 is 17.7 Å². The van der Waals surface area contributed by atoms with E-state index in [1.165, 1.54) is 7.11 Å². The third-order valence-corrected chi connectivity index (χ3v) is 2.97. The predicted molar refractivity (Wildman–Crippen MR) is 80.2 cm³/mol. The summed E-state index contributed by atoms with van der Waals surface area (Å²) in [4.78, 5) is 22.9. The molecule has 0 radical (unpaired) electrons. The minimum Gasteiger partial charge on any atom is -0.494 e. The minimum atomic E-state index is -1.38. The molecule has 6 nitrogen and oxygen atoms in total. The number of carboxylic acid groups (broad SMARTS) is 1. The van der Waals surface area contributed by atoms with Crippen LogP contribution in [-0.4, -0.2) is 24.3 Å². The fourth-order valence-electron chi connectivity index (χ4n) is 1.86. The molecule has 0 aliphatic heterocycles. The Balaban J connectivity index is 2.11. The molecule has 2 aromatic carbocycles. The van der Waals surface area contributed by atoms with E-state index in [9.17, 15) is 14.0 Å². The molecular formula is C16H14FNO5. The van der Waals surface area contributed by atoms with Crippen LogP contribution in [0.3, 0.4) is 0 Å². The van der Waals surface area contributed by atoms with E-state index >= 15 is 0 Å². The number of methoxy groups -OCH3 is 1. The summed E-state index contributed by atoms with van der Waals surface area (Å²) >= 11 is 0. The van der Waals surface area contributed by atoms with Gasteiger partial charge in [0.15, 0.2) is 11.6 Å². The second-order valence-corrected chi connectivity index (χ2v) is 4.52. The molecule has 120 valence electrons. The predicted octanol–water partition coefficient (Wildman–Crippen LogP) is 3.28. The average molecular weight is 319 g/mol. The van der Waals surface area contributed by atoms with E-state index in [1.807, 2.05) is 6.07 Å². The lowest BCUT2D eigenvalue weighted by molar-refractivity contribution is 0.0697. The molecule has 1 amide bonds. The van der Waals surface area contributed by atoms with Gasteiger partial charge in [-0.15, -0.1) is 0 Å². The maximum Gasteiger partial charge on any atom is 0.411 e. The number of nitrogens with one attached hydrogen (secondary N) is 1. The first-order valence-electron chi connectivity index (χ1n) is 6.59. The van der Waals surface area contributed by atoms with Gasteiger partial charge in [0.2, 0.25) is 0 Å². The van der Waals surface area contributed by atoms with Crippen LogP contribution in [0.2, 0.25) is 0 Å². The van der Waals surface area contributed by atoms with Crippen molar-refractivity contribution in [3.8, 4) is 5.75 Å². The Morgan fingerprint density at radius 1 is 1.22 bits per heavy atom. The molecule has 0 bridgehead atoms. The zero-order valence-corrected chi connectivity index (χ0v) is 12.2. The Hall–Kier alpha value is -3.09. The van der Waals surface area contributed by atoms with Gasteiger partial charge in [-0.3, -0.25) is 5.32 Å². The van der Waals surface area contributed by atoms with E-state index in [-0.39, 0.29) is 18.0 Å². The molecule has 0 aliphatic carbocycles. The monoisotopic (exact) mass is 319 g/mol. The first-order chi connectivity index (χ1) is 11.0. The SMILES string of the molecule is COc1cc(NC(=O)OCc2ccccc2)c(C(=O)O)cc1F. The number of halogens is 1. The summed E-state index contributed by atoms with van der Waals surface area (Å²) in [5, 5.41) is 11.4. The van der Waals surface area contributed by atoms with Crippen molar-refractivity contribution in [2.75, 3.05) is 12.4 Å². The second-order valence-electron chi connectivity index (χ2n) is 4.52. The van der Waals surface area contributed by atoms with Crippen LogP contribution in [0.1, 0.15) is 15.9 Å². The summed E-state index contributed by atoms with van der Waals surface area (Å²) in [6, 6.07) is 10.8. The van der Waals surface area contributed by atoms with Gasteiger partial charge in [-0.05, 0) is 11.6 Å². The summed E-state index contributed by atoms with van der Waals surface area (Å²) in [6.45, 7) is 0.0212. The number of hydrogen-bond acceptors (Lipinski definition) is 4. The Kier molecular flexibility index (Phi) is 5.14. The number of anilines is 1. The molecule has 2 aromatic rings. The molecule has 2 rings (SSSR count). The molecule has 0 saturated heterocycles. The molecule has 0 unspecified atom stereocenters. The van der Waals surface area contributed by atoms with Gasteiger partial charge in [0.1, 0.15) is 6.61 Å². The van der Waals surface area contributed by atoms with Crippen LogP contribution in [0.4, 0.5) is 14.9 Å². The topological polar surface area (TPSA) is 84.9 Å². The minimum absolute atomic E-state index is 0.0212. The van der Waals surface area contributed by atoms with Gasteiger partial charge >= 0.3 is 12.1 Å². The number of aromatic carboxylic acids is 1. The van der Waals surface area contributed by atoms with Gasteiger partial charge in [-0.1, -0.05) is 30.3 Å². The average Bonchev–Trinajstić information content (AvgIpc) is 2.55. The second kappa shape index (κ2) is 7.26. The van der Waals surface area contributed by atoms with Crippen molar-refractivity contribution in [2.24, 2.45) is 0 Å². The van der Waals surface area contributed by atoms with Crippen LogP contribution < -0.4 is 10.1 Å². The van der Waals surface area contributed by atoms with E-state index in [0.29, 0.717) is 0 Å². The van der Waals surface area contributed by atoms with Crippen molar-refractivity contribution in [3.63, 3.8) is 0 Å². The van der Waals surface area contributed by atoms with Gasteiger partial charge in [0.25, 0.3) is 0 Å². The van der Waals surface area contributed by atoms with Crippen LogP contribution in [-0.2, 0) is 11.3 Å². The Morgan fingerprint density at radius 3 is 2.52 bits per heavy atom. The highest BCUT2D eigenvalue weighted by molar-refractivity contribution is 5.99. The number of carboxylic acids is 1. The fourth-order valence-corrected chi connectivity index (χ4v) is 1.86. The maximum atomic E-state index is 13.6. The van der Waals surface area contributed by atoms with Crippen LogP contribution >= 0.6 is 0 Å². The highest BCUT2D eigenvalue weighted by Gasteiger charge is 2.18. The lowest BCUT2D eigenvalue weighted by Gasteiger charge is -2.11. The molecule has 2 N–H and O–H groups in total. The number of amides is 1. The highest BCUT2D eigenvalue weighted by Crippen LogP contribution is 2.26. The smallest absolute Gasteiger partial charge is 0.411 e. The molecule has 23 heavy (non-hydrogen) atoms. The Morgan fingerprint density at radius 2 is 1.91 bits per heavy atom. The first kappa shape index (κ1) is 16.3. The molecule has 0 aliphatic rings. The number of ether oxygens (including phenoxy) is 2. The van der Waals surface area contributed by atoms with Gasteiger partial charge < -0.3 is 14.6 Å². The number of carbonyl (C=O) groups excluding carboxylic acids is 1. The molecule has 0 saturated carbocycles. The normalized spacial score (nSPS) is 10.0. The molecule has 7 heteroatoms. The molecular weight excluding hydrogens is 305 g/mol. The standard InChI is InChI=1S/C16H14FNO5/c1-22-14-8-13(11(15(19)20)7-12(14)17)18-16(21)23-9-10-5-3-2-4-6-10/h2-8H,9H2,1H3,(H,18,21)(H,19,20). The summed E-state index contributed by atoms with van der Waals surface area (Å²) in [7, 11) is 1.23. The maximum absolute atomic E-state index is 13.6. The third-order valence-electron chi connectivity index (χ3n) is 2.97. The summed E-state index contributed by atoms with van der Waals surface area (Å²) in [5.41, 5.74) is 0.256. The molecule has 0 fully saturated rings. The largest absolute Gasteiger partial charge is 0.494 e. The number of benzene rings is 2. The number of carbonyl (C=O) groups is 2. The van der Waals surface area contributed by atoms with Crippen molar-refractivity contribution in [1.29, 1.82) is 0 Å². The highest BCUT2D eigenvalue weighted by atomic mass is 19.1. The van der Waals surface area contributed by atoms with E-state index in [4.69, 9.17) is 14.6 Å². The van der Waals surface area contributed by atoms with Gasteiger partial charge in [0, 0.05) is 6.07 Å². The summed E-state index contributed by atoms with van der Waals surface area (Å²) in [6.07, 6.45) is -0.856. The van der Waals surface area contributed by atoms with E-state index in [1.54, 1.807) is 24.3 Å². The van der Waals surface area contributed by atoms with Crippen molar-refractivity contribution in [2.45, 2.75) is 6.61 Å². The molecule has 0 aromatic heterocycles. The van der Waals surface area contributed by atoms with Gasteiger partial charge in [-0.25, -0.2) is 14.0 Å². The molecule has 0 spiro atoms. The van der Waals surface area contributed by atoms with Crippen LogP contribution in [0.15, 0.2) is 42.5 Å². The first-order valence-corrected chi connectivity index (χ1v) is 6.59. The lowest BCUT2D eigenvalue weighted by atomic mass is 10.1. The Bertz CT molecular complexity index is 718. The van der Waals surface area contributed by atoms with E-state index in [0.717, 1.165) is 17.7 Å². The lowest BCUT2D eigenvalue weighted by Crippen LogP contribution is -2.16. The van der Waals surface area contributed by atoms with Gasteiger partial charge in [0.05, 0.1) is 18.4 Å². The molecule has 0 atom stereocenters. The summed E-state index contributed by atoms with van der Waals surface area (Å²) in [5.74, 6) is -2.41. The fraction of sp³-hybridized carbons (Fsp3) is 0.125. The van der Waals surface area contributed by atoms with Crippen molar-refractivity contribution in [1.82, 2.24) is 0 Å². The zero-order valence-electron chi connectivity index (χ0n) is 12.2. The number of rotatable bonds is 5. The quantitative estimate of drug-likeness (QED) is 0.883. The van der Waals surface area contributed by atoms with Crippen LogP contribution in [0, 0.1) is 5.82 Å².